The van der Waals surface area contributed by atoms with Gasteiger partial charge in [-0.05, 0) is 60.2 Å². The monoisotopic (exact) mass is 511 g/mol. The molecule has 10 heteroatoms. The molecule has 0 bridgehead atoms. The van der Waals surface area contributed by atoms with Gasteiger partial charge in [-0.2, -0.15) is 0 Å². The lowest BCUT2D eigenvalue weighted by molar-refractivity contribution is -0.123. The van der Waals surface area contributed by atoms with Crippen LogP contribution in [0.25, 0.3) is 0 Å². The van der Waals surface area contributed by atoms with Crippen LogP contribution in [0.3, 0.4) is 0 Å². The second-order valence-electron chi connectivity index (χ2n) is 8.33. The molecule has 186 valence electrons. The standard InChI is InChI=1S/C26H23F2N3O4S/c1-34-18-6-4-17(5-7-18)29-25(33)31-11-12-36-26(31)20-14-19(35-2)8-10-23(20)30(24(26)32)15-16-3-9-21(27)22(28)13-16/h3-10,13-14H,11-12,15H2,1-2H3,(H,29,33). The Morgan fingerprint density at radius 2 is 1.72 bits per heavy atom. The number of carbonyl (C=O) groups excluding carboxylic acids is 2. The molecule has 0 saturated carbocycles. The number of ether oxygens (including phenoxy) is 2. The number of hydrogen-bond donors (Lipinski definition) is 1. The van der Waals surface area contributed by atoms with Crippen LogP contribution in [0.2, 0.25) is 0 Å². The Bertz CT molecular complexity index is 1340. The van der Waals surface area contributed by atoms with E-state index in [9.17, 15) is 18.4 Å². The van der Waals surface area contributed by atoms with Gasteiger partial charge in [-0.1, -0.05) is 6.07 Å². The van der Waals surface area contributed by atoms with Gasteiger partial charge in [0.15, 0.2) is 16.5 Å². The summed E-state index contributed by atoms with van der Waals surface area (Å²) in [5.74, 6) is -0.541. The van der Waals surface area contributed by atoms with Crippen LogP contribution in [0.5, 0.6) is 11.5 Å². The topological polar surface area (TPSA) is 71.1 Å². The number of benzene rings is 3. The maximum absolute atomic E-state index is 14.1. The number of rotatable bonds is 5. The molecule has 0 aliphatic carbocycles. The van der Waals surface area contributed by atoms with Crippen LogP contribution in [0.4, 0.5) is 25.0 Å². The largest absolute Gasteiger partial charge is 0.497 e. The quantitative estimate of drug-likeness (QED) is 0.524. The third kappa shape index (κ3) is 3.91. The highest BCUT2D eigenvalue weighted by atomic mass is 32.2. The van der Waals surface area contributed by atoms with Crippen LogP contribution in [0, 0.1) is 11.6 Å². The molecule has 3 aromatic carbocycles. The van der Waals surface area contributed by atoms with Crippen molar-refractivity contribution in [2.45, 2.75) is 11.4 Å². The molecule has 3 amide bonds. The van der Waals surface area contributed by atoms with E-state index in [1.54, 1.807) is 49.6 Å². The normalized spacial score (nSPS) is 18.5. The van der Waals surface area contributed by atoms with Crippen molar-refractivity contribution in [2.24, 2.45) is 0 Å². The molecule has 0 radical (unpaired) electrons. The van der Waals surface area contributed by atoms with Gasteiger partial charge >= 0.3 is 6.03 Å². The van der Waals surface area contributed by atoms with Gasteiger partial charge in [-0.15, -0.1) is 11.8 Å². The van der Waals surface area contributed by atoms with E-state index < -0.39 is 22.5 Å². The average molecular weight is 512 g/mol. The van der Waals surface area contributed by atoms with E-state index in [2.05, 4.69) is 5.32 Å². The average Bonchev–Trinajstić information content (AvgIpc) is 3.43. The molecule has 2 heterocycles. The third-order valence-corrected chi connectivity index (χ3v) is 7.73. The molecule has 7 nitrogen and oxygen atoms in total. The summed E-state index contributed by atoms with van der Waals surface area (Å²) in [7, 11) is 3.09. The molecular weight excluding hydrogens is 488 g/mol. The van der Waals surface area contributed by atoms with Crippen molar-refractivity contribution in [3.8, 4) is 11.5 Å². The SMILES string of the molecule is COc1ccc(NC(=O)N2CCSC23C(=O)N(Cc2ccc(F)c(F)c2)c2ccc(OC)cc23)cc1. The van der Waals surface area contributed by atoms with Gasteiger partial charge in [-0.25, -0.2) is 13.6 Å². The van der Waals surface area contributed by atoms with Crippen LogP contribution in [0.15, 0.2) is 60.7 Å². The minimum Gasteiger partial charge on any atom is -0.497 e. The number of hydrogen-bond acceptors (Lipinski definition) is 5. The first kappa shape index (κ1) is 23.9. The molecule has 1 saturated heterocycles. The van der Waals surface area contributed by atoms with E-state index in [-0.39, 0.29) is 12.5 Å². The summed E-state index contributed by atoms with van der Waals surface area (Å²) >= 11 is 1.36. The highest BCUT2D eigenvalue weighted by Gasteiger charge is 2.59. The molecule has 1 atom stereocenters. The first-order valence-corrected chi connectivity index (χ1v) is 12.2. The van der Waals surface area contributed by atoms with Crippen molar-refractivity contribution in [3.05, 3.63) is 83.4 Å². The van der Waals surface area contributed by atoms with Gasteiger partial charge in [0.1, 0.15) is 11.5 Å². The van der Waals surface area contributed by atoms with Crippen LogP contribution in [0.1, 0.15) is 11.1 Å². The van der Waals surface area contributed by atoms with Crippen molar-refractivity contribution in [3.63, 3.8) is 0 Å². The molecule has 2 aliphatic rings. The number of nitrogens with one attached hydrogen (secondary N) is 1. The Labute approximate surface area is 211 Å². The van der Waals surface area contributed by atoms with Gasteiger partial charge in [0.2, 0.25) is 0 Å². The van der Waals surface area contributed by atoms with Crippen LogP contribution in [-0.2, 0) is 16.2 Å². The summed E-state index contributed by atoms with van der Waals surface area (Å²) in [5.41, 5.74) is 2.19. The van der Waals surface area contributed by atoms with Gasteiger partial charge in [0.25, 0.3) is 5.91 Å². The molecule has 1 N–H and O–H groups in total. The van der Waals surface area contributed by atoms with E-state index in [1.165, 1.54) is 34.7 Å². The Morgan fingerprint density at radius 1 is 1.00 bits per heavy atom. The van der Waals surface area contributed by atoms with E-state index in [1.807, 2.05) is 0 Å². The highest BCUT2D eigenvalue weighted by Crippen LogP contribution is 2.55. The van der Waals surface area contributed by atoms with Crippen LogP contribution >= 0.6 is 11.8 Å². The third-order valence-electron chi connectivity index (χ3n) is 6.31. The first-order chi connectivity index (χ1) is 17.4. The zero-order chi connectivity index (χ0) is 25.4. The Kier molecular flexibility index (Phi) is 6.21. The lowest BCUT2D eigenvalue weighted by Gasteiger charge is -2.33. The van der Waals surface area contributed by atoms with Crippen molar-refractivity contribution in [1.82, 2.24) is 4.90 Å². The number of fused-ring (bicyclic) bond motifs is 2. The van der Waals surface area contributed by atoms with E-state index >= 15 is 0 Å². The fourth-order valence-electron chi connectivity index (χ4n) is 4.56. The van der Waals surface area contributed by atoms with Gasteiger partial charge < -0.3 is 19.7 Å². The summed E-state index contributed by atoms with van der Waals surface area (Å²) in [5, 5.41) is 2.87. The summed E-state index contributed by atoms with van der Waals surface area (Å²) in [6.45, 7) is 0.361. The van der Waals surface area contributed by atoms with E-state index in [0.717, 1.165) is 12.1 Å². The molecule has 36 heavy (non-hydrogen) atoms. The van der Waals surface area contributed by atoms with Crippen molar-refractivity contribution >= 4 is 35.1 Å². The smallest absolute Gasteiger partial charge is 0.323 e. The molecule has 1 fully saturated rings. The van der Waals surface area contributed by atoms with E-state index in [0.29, 0.717) is 46.3 Å². The second kappa shape index (κ2) is 9.34. The van der Waals surface area contributed by atoms with Crippen molar-refractivity contribution in [2.75, 3.05) is 36.7 Å². The minimum atomic E-state index is -1.32. The molecule has 5 rings (SSSR count). The number of amides is 3. The number of halogens is 2. The zero-order valence-electron chi connectivity index (χ0n) is 19.6. The van der Waals surface area contributed by atoms with Crippen molar-refractivity contribution in [1.29, 1.82) is 0 Å². The summed E-state index contributed by atoms with van der Waals surface area (Å²) in [6.07, 6.45) is 0. The molecule has 1 spiro atoms. The first-order valence-electron chi connectivity index (χ1n) is 11.2. The zero-order valence-corrected chi connectivity index (χ0v) is 20.4. The van der Waals surface area contributed by atoms with Gasteiger partial charge in [-0.3, -0.25) is 9.69 Å². The predicted molar refractivity (Wildman–Crippen MR) is 133 cm³/mol. The lowest BCUT2D eigenvalue weighted by atomic mass is 10.1. The minimum absolute atomic E-state index is 0.0195. The predicted octanol–water partition coefficient (Wildman–Crippen LogP) is 4.96. The lowest BCUT2D eigenvalue weighted by Crippen LogP contribution is -2.51. The van der Waals surface area contributed by atoms with Gasteiger partial charge in [0, 0.05) is 23.5 Å². The maximum Gasteiger partial charge on any atom is 0.323 e. The number of anilines is 2. The molecule has 0 aromatic heterocycles. The fraction of sp³-hybridized carbons (Fsp3) is 0.231. The Hall–Kier alpha value is -3.79. The number of carbonyl (C=O) groups is 2. The highest BCUT2D eigenvalue weighted by molar-refractivity contribution is 8.01. The van der Waals surface area contributed by atoms with Crippen LogP contribution < -0.4 is 19.7 Å². The molecule has 2 aliphatic heterocycles. The summed E-state index contributed by atoms with van der Waals surface area (Å²) < 4.78 is 38.0. The molecular formula is C26H23F2N3O4S. The summed E-state index contributed by atoms with van der Waals surface area (Å²) in [4.78, 5) is 29.2. The number of methoxy groups -OCH3 is 2. The second-order valence-corrected chi connectivity index (χ2v) is 9.61. The Morgan fingerprint density at radius 3 is 2.42 bits per heavy atom. The summed E-state index contributed by atoms with van der Waals surface area (Å²) in [6, 6.07) is 15.3. The van der Waals surface area contributed by atoms with Crippen LogP contribution in [-0.4, -0.2) is 43.4 Å². The molecule has 1 unspecified atom stereocenters. The van der Waals surface area contributed by atoms with Crippen molar-refractivity contribution < 1.29 is 27.8 Å². The number of nitrogens with zero attached hydrogens (tertiary/aromatic N) is 2. The fourth-order valence-corrected chi connectivity index (χ4v) is 6.02. The number of thioether (sulfide) groups is 1. The maximum atomic E-state index is 14.1. The van der Waals surface area contributed by atoms with E-state index in [4.69, 9.17) is 9.47 Å². The molecule has 3 aromatic rings. The Balaban J connectivity index is 1.52. The van der Waals surface area contributed by atoms with Gasteiger partial charge in [0.05, 0.1) is 26.5 Å². The number of urea groups is 1.